The van der Waals surface area contributed by atoms with Crippen LogP contribution in [0.2, 0.25) is 0 Å². The highest BCUT2D eigenvalue weighted by atomic mass is 16.2. The first kappa shape index (κ1) is 21.7. The highest BCUT2D eigenvalue weighted by Crippen LogP contribution is 2.37. The number of H-pyrrole nitrogens is 1. The van der Waals surface area contributed by atoms with E-state index in [0.717, 1.165) is 64.5 Å². The van der Waals surface area contributed by atoms with E-state index in [1.54, 1.807) is 0 Å². The first-order valence-electron chi connectivity index (χ1n) is 12.4. The van der Waals surface area contributed by atoms with Gasteiger partial charge in [-0.3, -0.25) is 24.4 Å². The molecular weight excluding hydrogens is 416 g/mol. The molecule has 1 aliphatic carbocycles. The quantitative estimate of drug-likeness (QED) is 0.709. The molecule has 2 fully saturated rings. The number of carbonyl (C=O) groups is 2. The van der Waals surface area contributed by atoms with Crippen LogP contribution < -0.4 is 5.56 Å². The second kappa shape index (κ2) is 9.04. The molecule has 33 heavy (non-hydrogen) atoms. The zero-order valence-corrected chi connectivity index (χ0v) is 19.3. The van der Waals surface area contributed by atoms with Gasteiger partial charge in [0.1, 0.15) is 5.70 Å². The minimum Gasteiger partial charge on any atom is -0.366 e. The molecule has 0 radical (unpaired) electrons. The molecule has 1 saturated heterocycles. The molecule has 3 heterocycles. The second-order valence-corrected chi connectivity index (χ2v) is 9.34. The normalized spacial score (nSPS) is 20.3. The Kier molecular flexibility index (Phi) is 5.96. The third-order valence-electron chi connectivity index (χ3n) is 7.29. The number of carbonyl (C=O) groups excluding carboxylic acids is 2. The van der Waals surface area contributed by atoms with Crippen molar-refractivity contribution < 1.29 is 9.59 Å². The van der Waals surface area contributed by atoms with Crippen LogP contribution in [-0.4, -0.2) is 50.5 Å². The van der Waals surface area contributed by atoms with Crippen LogP contribution >= 0.6 is 0 Å². The maximum Gasteiger partial charge on any atom is 0.279 e. The predicted octanol–water partition coefficient (Wildman–Crippen LogP) is 3.63. The molecule has 1 N–H and O–H groups in total. The van der Waals surface area contributed by atoms with E-state index >= 15 is 0 Å². The number of aryl methyl sites for hydroxylation is 1. The van der Waals surface area contributed by atoms with Crippen molar-refractivity contribution in [2.75, 3.05) is 13.1 Å². The third-order valence-corrected chi connectivity index (χ3v) is 7.29. The zero-order valence-electron chi connectivity index (χ0n) is 19.3. The average Bonchev–Trinajstić information content (AvgIpc) is 3.32. The largest absolute Gasteiger partial charge is 0.366 e. The second-order valence-electron chi connectivity index (χ2n) is 9.34. The summed E-state index contributed by atoms with van der Waals surface area (Å²) in [4.78, 5) is 44.9. The Balaban J connectivity index is 1.67. The van der Waals surface area contributed by atoms with Crippen LogP contribution in [0.25, 0.3) is 11.3 Å². The molecule has 2 aliphatic heterocycles. The lowest BCUT2D eigenvalue weighted by atomic mass is 9.94. The Bertz CT molecular complexity index is 1130. The highest BCUT2D eigenvalue weighted by Gasteiger charge is 2.46. The average molecular weight is 449 g/mol. The molecule has 1 aromatic carbocycles. The molecule has 0 unspecified atom stereocenters. The van der Waals surface area contributed by atoms with Crippen molar-refractivity contribution in [1.29, 1.82) is 0 Å². The van der Waals surface area contributed by atoms with Gasteiger partial charge in [-0.2, -0.15) is 0 Å². The van der Waals surface area contributed by atoms with Gasteiger partial charge in [-0.25, -0.2) is 4.68 Å². The molecule has 2 aromatic rings. The third kappa shape index (κ3) is 3.73. The summed E-state index contributed by atoms with van der Waals surface area (Å²) in [7, 11) is 0. The summed E-state index contributed by atoms with van der Waals surface area (Å²) in [6.07, 6.45) is 8.56. The molecule has 1 saturated carbocycles. The van der Waals surface area contributed by atoms with E-state index in [0.29, 0.717) is 34.6 Å². The number of amides is 2. The molecule has 174 valence electrons. The number of rotatable bonds is 5. The highest BCUT2D eigenvalue weighted by molar-refractivity contribution is 6.35. The smallest absolute Gasteiger partial charge is 0.279 e. The summed E-state index contributed by atoms with van der Waals surface area (Å²) in [6.45, 7) is 3.45. The van der Waals surface area contributed by atoms with Gasteiger partial charge < -0.3 is 4.90 Å². The topological polar surface area (TPSA) is 78.4 Å². The number of nitrogens with one attached hydrogen (secondary N) is 1. The number of aromatic amines is 1. The monoisotopic (exact) mass is 448 g/mol. The molecule has 3 aliphatic rings. The molecule has 0 spiro atoms. The van der Waals surface area contributed by atoms with E-state index in [2.05, 4.69) is 10.00 Å². The number of aromatic nitrogens is 2. The van der Waals surface area contributed by atoms with Crippen LogP contribution in [0, 0.1) is 0 Å². The van der Waals surface area contributed by atoms with Crippen molar-refractivity contribution in [2.24, 2.45) is 0 Å². The Hall–Kier alpha value is -3.09. The summed E-state index contributed by atoms with van der Waals surface area (Å²) in [5, 5.41) is 3.22. The van der Waals surface area contributed by atoms with Gasteiger partial charge in [0.25, 0.3) is 17.4 Å². The molecule has 5 rings (SSSR count). The lowest BCUT2D eigenvalue weighted by Crippen LogP contribution is -2.44. The summed E-state index contributed by atoms with van der Waals surface area (Å²) in [6, 6.07) is 9.30. The van der Waals surface area contributed by atoms with Crippen molar-refractivity contribution in [3.8, 4) is 5.69 Å². The van der Waals surface area contributed by atoms with E-state index in [-0.39, 0.29) is 23.4 Å². The Morgan fingerprint density at radius 1 is 0.879 bits per heavy atom. The molecule has 2 amide bonds. The number of para-hydroxylation sites is 1. The number of imide groups is 1. The van der Waals surface area contributed by atoms with E-state index in [1.807, 2.05) is 37.3 Å². The van der Waals surface area contributed by atoms with Gasteiger partial charge in [-0.1, -0.05) is 44.4 Å². The fraction of sp³-hybridized carbons (Fsp3) is 0.500. The Morgan fingerprint density at radius 2 is 1.55 bits per heavy atom. The maximum absolute atomic E-state index is 13.9. The number of benzene rings is 1. The maximum atomic E-state index is 13.9. The first-order valence-corrected chi connectivity index (χ1v) is 12.4. The minimum absolute atomic E-state index is 0.0728. The number of hydrogen-bond donors (Lipinski definition) is 1. The first-order chi connectivity index (χ1) is 16.1. The van der Waals surface area contributed by atoms with Crippen molar-refractivity contribution in [3.63, 3.8) is 0 Å². The van der Waals surface area contributed by atoms with Crippen LogP contribution in [0.15, 0.2) is 40.8 Å². The van der Waals surface area contributed by atoms with Gasteiger partial charge >= 0.3 is 0 Å². The Morgan fingerprint density at radius 3 is 2.21 bits per heavy atom. The lowest BCUT2D eigenvalue weighted by Gasteiger charge is -2.32. The minimum atomic E-state index is -0.293. The van der Waals surface area contributed by atoms with E-state index < -0.39 is 0 Å². The number of likely N-dealkylation sites (tertiary alicyclic amines) is 1. The van der Waals surface area contributed by atoms with E-state index in [9.17, 15) is 14.4 Å². The molecule has 0 atom stereocenters. The summed E-state index contributed by atoms with van der Waals surface area (Å²) >= 11 is 0. The summed E-state index contributed by atoms with van der Waals surface area (Å²) in [5.41, 5.74) is 2.24. The van der Waals surface area contributed by atoms with Crippen LogP contribution in [0.3, 0.4) is 0 Å². The van der Waals surface area contributed by atoms with Crippen LogP contribution in [0.5, 0.6) is 0 Å². The standard InChI is InChI=1S/C26H32N4O3/c1-2-20-21(25(32)30(27-20)19-14-8-4-9-15-19)22-23(28-16-10-5-11-17-28)26(33)29(24(22)31)18-12-6-3-7-13-18/h4,8-9,14-15,18,27H,2-3,5-7,10-13,16-17H2,1H3. The van der Waals surface area contributed by atoms with Gasteiger partial charge in [0.05, 0.1) is 16.8 Å². The van der Waals surface area contributed by atoms with Crippen LogP contribution in [0.1, 0.15) is 69.5 Å². The summed E-state index contributed by atoms with van der Waals surface area (Å²) in [5.74, 6) is -0.504. The number of nitrogens with zero attached hydrogens (tertiary/aromatic N) is 3. The van der Waals surface area contributed by atoms with Gasteiger partial charge in [0.15, 0.2) is 0 Å². The number of hydrogen-bond acceptors (Lipinski definition) is 4. The Labute approximate surface area is 194 Å². The van der Waals surface area contributed by atoms with Crippen molar-refractivity contribution in [3.05, 3.63) is 57.6 Å². The summed E-state index contributed by atoms with van der Waals surface area (Å²) < 4.78 is 1.50. The zero-order chi connectivity index (χ0) is 22.9. The van der Waals surface area contributed by atoms with E-state index in [4.69, 9.17) is 0 Å². The van der Waals surface area contributed by atoms with Crippen molar-refractivity contribution in [1.82, 2.24) is 19.6 Å². The van der Waals surface area contributed by atoms with Crippen LogP contribution in [0.4, 0.5) is 0 Å². The SMILES string of the molecule is CCc1[nH]n(-c2ccccc2)c(=O)c1C1=C(N2CCCCC2)C(=O)N(C2CCCCC2)C1=O. The van der Waals surface area contributed by atoms with Gasteiger partial charge in [0, 0.05) is 24.8 Å². The molecule has 7 heteroatoms. The molecule has 7 nitrogen and oxygen atoms in total. The van der Waals surface area contributed by atoms with Crippen molar-refractivity contribution in [2.45, 2.75) is 70.8 Å². The molecule has 1 aromatic heterocycles. The van der Waals surface area contributed by atoms with Gasteiger partial charge in [-0.05, 0) is 50.7 Å². The molecular formula is C26H32N4O3. The molecule has 0 bridgehead atoms. The van der Waals surface area contributed by atoms with Gasteiger partial charge in [0.2, 0.25) is 0 Å². The van der Waals surface area contributed by atoms with E-state index in [1.165, 1.54) is 9.58 Å². The van der Waals surface area contributed by atoms with Gasteiger partial charge in [-0.15, -0.1) is 0 Å². The fourth-order valence-corrected chi connectivity index (χ4v) is 5.60. The fourth-order valence-electron chi connectivity index (χ4n) is 5.60. The lowest BCUT2D eigenvalue weighted by molar-refractivity contribution is -0.141. The predicted molar refractivity (Wildman–Crippen MR) is 127 cm³/mol. The van der Waals surface area contributed by atoms with Crippen molar-refractivity contribution >= 4 is 17.4 Å². The van der Waals surface area contributed by atoms with Crippen LogP contribution in [-0.2, 0) is 16.0 Å². The number of piperidine rings is 1.